The third-order valence-electron chi connectivity index (χ3n) is 3.50. The van der Waals surface area contributed by atoms with E-state index in [4.69, 9.17) is 28.9 Å². The Kier molecular flexibility index (Phi) is 3.91. The van der Waals surface area contributed by atoms with Crippen molar-refractivity contribution in [1.82, 2.24) is 9.97 Å². The Hall–Kier alpha value is -1.52. The van der Waals surface area contributed by atoms with E-state index in [0.717, 1.165) is 30.0 Å². The molecule has 6 heteroatoms. The Bertz CT molecular complexity index is 671. The minimum Gasteiger partial charge on any atom is -0.384 e. The van der Waals surface area contributed by atoms with Crippen molar-refractivity contribution >= 4 is 34.8 Å². The largest absolute Gasteiger partial charge is 0.384 e. The molecule has 1 atom stereocenters. The normalized spacial score (nSPS) is 15.8. The fourth-order valence-electron chi connectivity index (χ4n) is 2.24. The van der Waals surface area contributed by atoms with Gasteiger partial charge in [0, 0.05) is 22.0 Å². The van der Waals surface area contributed by atoms with Gasteiger partial charge in [-0.05, 0) is 37.5 Å². The fraction of sp³-hybridized carbons (Fsp3) is 0.333. The number of nitrogens with zero attached hydrogens (tertiary/aromatic N) is 2. The molecular formula is C15H16Cl2N4. The first-order valence-electron chi connectivity index (χ1n) is 6.89. The van der Waals surface area contributed by atoms with Gasteiger partial charge in [-0.15, -0.1) is 0 Å². The summed E-state index contributed by atoms with van der Waals surface area (Å²) in [5.41, 5.74) is 6.82. The molecule has 1 heterocycles. The molecule has 0 spiro atoms. The van der Waals surface area contributed by atoms with E-state index in [1.807, 2.05) is 19.1 Å². The van der Waals surface area contributed by atoms with Gasteiger partial charge in [0.1, 0.15) is 17.5 Å². The molecule has 2 aromatic rings. The molecule has 3 rings (SSSR count). The highest BCUT2D eigenvalue weighted by molar-refractivity contribution is 6.35. The summed E-state index contributed by atoms with van der Waals surface area (Å²) in [6, 6.07) is 7.21. The van der Waals surface area contributed by atoms with E-state index in [1.165, 1.54) is 0 Å². The molecular weight excluding hydrogens is 307 g/mol. The summed E-state index contributed by atoms with van der Waals surface area (Å²) in [7, 11) is 0. The van der Waals surface area contributed by atoms with Crippen LogP contribution in [0.2, 0.25) is 10.0 Å². The van der Waals surface area contributed by atoms with Gasteiger partial charge in [-0.2, -0.15) is 0 Å². The molecule has 1 aliphatic rings. The van der Waals surface area contributed by atoms with Gasteiger partial charge in [-0.25, -0.2) is 9.97 Å². The van der Waals surface area contributed by atoms with Crippen LogP contribution in [0.15, 0.2) is 24.3 Å². The van der Waals surface area contributed by atoms with Gasteiger partial charge >= 0.3 is 0 Å². The molecule has 0 aliphatic heterocycles. The predicted octanol–water partition coefficient (Wildman–Crippen LogP) is 4.42. The molecule has 1 saturated carbocycles. The molecule has 0 bridgehead atoms. The molecule has 0 radical (unpaired) electrons. The monoisotopic (exact) mass is 322 g/mol. The van der Waals surface area contributed by atoms with Gasteiger partial charge < -0.3 is 11.1 Å². The van der Waals surface area contributed by atoms with E-state index in [-0.39, 0.29) is 6.04 Å². The number of anilines is 2. The molecule has 4 nitrogen and oxygen atoms in total. The number of hydrogen-bond donors (Lipinski definition) is 2. The number of nitrogens with one attached hydrogen (secondary N) is 1. The van der Waals surface area contributed by atoms with Crippen LogP contribution in [0.4, 0.5) is 11.6 Å². The maximum atomic E-state index is 6.23. The van der Waals surface area contributed by atoms with Crippen LogP contribution >= 0.6 is 23.2 Å². The van der Waals surface area contributed by atoms with E-state index in [9.17, 15) is 0 Å². The molecule has 3 N–H and O–H groups in total. The fourth-order valence-corrected chi connectivity index (χ4v) is 2.81. The van der Waals surface area contributed by atoms with Crippen molar-refractivity contribution in [3.63, 3.8) is 0 Å². The zero-order chi connectivity index (χ0) is 15.0. The first kappa shape index (κ1) is 14.4. The van der Waals surface area contributed by atoms with Gasteiger partial charge in [0.25, 0.3) is 0 Å². The molecule has 0 amide bonds. The number of aromatic nitrogens is 2. The van der Waals surface area contributed by atoms with E-state index in [1.54, 1.807) is 12.1 Å². The summed E-state index contributed by atoms with van der Waals surface area (Å²) < 4.78 is 0. The van der Waals surface area contributed by atoms with Crippen molar-refractivity contribution in [3.8, 4) is 0 Å². The predicted molar refractivity (Wildman–Crippen MR) is 86.9 cm³/mol. The SMILES string of the molecule is CC(Nc1cc(N)nc(C2CC2)n1)c1ccc(Cl)cc1Cl. The molecule has 1 aromatic heterocycles. The average Bonchev–Trinajstić information content (AvgIpc) is 3.21. The highest BCUT2D eigenvalue weighted by atomic mass is 35.5. The number of hydrogen-bond acceptors (Lipinski definition) is 4. The first-order valence-corrected chi connectivity index (χ1v) is 7.64. The van der Waals surface area contributed by atoms with E-state index in [2.05, 4.69) is 15.3 Å². The third-order valence-corrected chi connectivity index (χ3v) is 4.06. The van der Waals surface area contributed by atoms with Crippen LogP contribution in [-0.2, 0) is 0 Å². The number of benzene rings is 1. The zero-order valence-corrected chi connectivity index (χ0v) is 13.1. The lowest BCUT2D eigenvalue weighted by Gasteiger charge is -2.17. The van der Waals surface area contributed by atoms with Gasteiger partial charge in [-0.1, -0.05) is 29.3 Å². The molecule has 21 heavy (non-hydrogen) atoms. The molecule has 1 aliphatic carbocycles. The lowest BCUT2D eigenvalue weighted by Crippen LogP contribution is -2.10. The summed E-state index contributed by atoms with van der Waals surface area (Å²) >= 11 is 12.2. The van der Waals surface area contributed by atoms with Crippen LogP contribution in [0, 0.1) is 0 Å². The van der Waals surface area contributed by atoms with Crippen molar-refractivity contribution in [2.45, 2.75) is 31.7 Å². The molecule has 110 valence electrons. The van der Waals surface area contributed by atoms with Crippen LogP contribution in [-0.4, -0.2) is 9.97 Å². The minimum atomic E-state index is -0.00359. The topological polar surface area (TPSA) is 63.8 Å². The highest BCUT2D eigenvalue weighted by Crippen LogP contribution is 2.39. The molecule has 1 aromatic carbocycles. The van der Waals surface area contributed by atoms with Gasteiger partial charge in [-0.3, -0.25) is 0 Å². The standard InChI is InChI=1S/C15H16Cl2N4/c1-8(11-5-4-10(16)6-12(11)17)19-14-7-13(18)20-15(21-14)9-2-3-9/h4-9H,2-3H2,1H3,(H3,18,19,20,21). The van der Waals surface area contributed by atoms with Crippen LogP contribution < -0.4 is 11.1 Å². The highest BCUT2D eigenvalue weighted by Gasteiger charge is 2.27. The summed E-state index contributed by atoms with van der Waals surface area (Å²) in [4.78, 5) is 8.83. The smallest absolute Gasteiger partial charge is 0.136 e. The summed E-state index contributed by atoms with van der Waals surface area (Å²) in [6.45, 7) is 2.02. The number of nitrogens with two attached hydrogens (primary N) is 1. The third kappa shape index (κ3) is 3.39. The lowest BCUT2D eigenvalue weighted by molar-refractivity contribution is 0.856. The minimum absolute atomic E-state index is 0.00359. The Labute approximate surface area is 133 Å². The first-order chi connectivity index (χ1) is 10.0. The quantitative estimate of drug-likeness (QED) is 0.874. The van der Waals surface area contributed by atoms with E-state index in [0.29, 0.717) is 21.8 Å². The van der Waals surface area contributed by atoms with Crippen LogP contribution in [0.25, 0.3) is 0 Å². The van der Waals surface area contributed by atoms with E-state index < -0.39 is 0 Å². The van der Waals surface area contributed by atoms with Crippen LogP contribution in [0.5, 0.6) is 0 Å². The summed E-state index contributed by atoms with van der Waals surface area (Å²) in [5.74, 6) is 2.50. The second-order valence-electron chi connectivity index (χ2n) is 5.34. The second kappa shape index (κ2) is 5.70. The van der Waals surface area contributed by atoms with Crippen molar-refractivity contribution in [2.24, 2.45) is 0 Å². The molecule has 1 unspecified atom stereocenters. The number of rotatable bonds is 4. The Balaban J connectivity index is 1.82. The Morgan fingerprint density at radius 3 is 2.67 bits per heavy atom. The van der Waals surface area contributed by atoms with E-state index >= 15 is 0 Å². The Morgan fingerprint density at radius 1 is 1.24 bits per heavy atom. The second-order valence-corrected chi connectivity index (χ2v) is 6.19. The van der Waals surface area contributed by atoms with Crippen LogP contribution in [0.3, 0.4) is 0 Å². The van der Waals surface area contributed by atoms with Gasteiger partial charge in [0.2, 0.25) is 0 Å². The maximum Gasteiger partial charge on any atom is 0.136 e. The maximum absolute atomic E-state index is 6.23. The van der Waals surface area contributed by atoms with Crippen molar-refractivity contribution < 1.29 is 0 Å². The average molecular weight is 323 g/mol. The Morgan fingerprint density at radius 2 is 2.00 bits per heavy atom. The lowest BCUT2D eigenvalue weighted by atomic mass is 10.1. The number of nitrogen functional groups attached to an aromatic ring is 1. The van der Waals surface area contributed by atoms with Crippen molar-refractivity contribution in [2.75, 3.05) is 11.1 Å². The van der Waals surface area contributed by atoms with Gasteiger partial charge in [0.05, 0.1) is 6.04 Å². The molecule has 0 saturated heterocycles. The summed E-state index contributed by atoms with van der Waals surface area (Å²) in [5, 5.41) is 4.58. The zero-order valence-electron chi connectivity index (χ0n) is 11.6. The number of halogens is 2. The van der Waals surface area contributed by atoms with Crippen molar-refractivity contribution in [1.29, 1.82) is 0 Å². The van der Waals surface area contributed by atoms with Gasteiger partial charge in [0.15, 0.2) is 0 Å². The molecule has 1 fully saturated rings. The van der Waals surface area contributed by atoms with Crippen LogP contribution in [0.1, 0.15) is 43.1 Å². The van der Waals surface area contributed by atoms with Crippen molar-refractivity contribution in [3.05, 3.63) is 45.7 Å². The summed E-state index contributed by atoms with van der Waals surface area (Å²) in [6.07, 6.45) is 2.28.